The van der Waals surface area contributed by atoms with Crippen molar-refractivity contribution in [2.24, 2.45) is 0 Å². The van der Waals surface area contributed by atoms with Gasteiger partial charge in [0.05, 0.1) is 5.69 Å². The zero-order chi connectivity index (χ0) is 18.0. The van der Waals surface area contributed by atoms with E-state index in [2.05, 4.69) is 15.0 Å². The van der Waals surface area contributed by atoms with E-state index in [1.54, 1.807) is 16.6 Å². The first kappa shape index (κ1) is 17.1. The maximum atomic E-state index is 12.8. The Labute approximate surface area is 152 Å². The summed E-state index contributed by atoms with van der Waals surface area (Å²) in [7, 11) is -3.43. The lowest BCUT2D eigenvalue weighted by atomic mass is 10.2. The van der Waals surface area contributed by atoms with Crippen molar-refractivity contribution >= 4 is 21.0 Å². The van der Waals surface area contributed by atoms with E-state index in [0.717, 1.165) is 17.6 Å². The van der Waals surface area contributed by atoms with Gasteiger partial charge in [-0.15, -0.1) is 0 Å². The van der Waals surface area contributed by atoms with Crippen LogP contribution in [0.5, 0.6) is 0 Å². The Bertz CT molecular complexity index is 980. The van der Waals surface area contributed by atoms with E-state index in [-0.39, 0.29) is 5.75 Å². The van der Waals surface area contributed by atoms with Crippen LogP contribution in [0.2, 0.25) is 0 Å². The molecule has 0 spiro atoms. The summed E-state index contributed by atoms with van der Waals surface area (Å²) in [5.74, 6) is -0.135. The van der Waals surface area contributed by atoms with E-state index < -0.39 is 10.0 Å². The number of pyridine rings is 1. The van der Waals surface area contributed by atoms with E-state index in [1.165, 1.54) is 0 Å². The number of para-hydroxylation sites is 1. The fraction of sp³-hybridized carbons (Fsp3) is 0.333. The largest absolute Gasteiger partial charge is 0.356 e. The van der Waals surface area contributed by atoms with E-state index in [4.69, 9.17) is 4.52 Å². The molecule has 0 amide bonds. The van der Waals surface area contributed by atoms with Crippen molar-refractivity contribution in [3.8, 4) is 0 Å². The van der Waals surface area contributed by atoms with Crippen LogP contribution < -0.4 is 0 Å². The molecule has 1 aromatic carbocycles. The predicted molar refractivity (Wildman–Crippen MR) is 97.7 cm³/mol. The van der Waals surface area contributed by atoms with Gasteiger partial charge in [-0.3, -0.25) is 9.88 Å². The molecule has 0 bridgehead atoms. The highest BCUT2D eigenvalue weighted by Gasteiger charge is 2.28. The molecule has 2 aromatic heterocycles. The maximum absolute atomic E-state index is 12.8. The monoisotopic (exact) mass is 372 g/mol. The molecule has 0 saturated carbocycles. The van der Waals surface area contributed by atoms with Crippen molar-refractivity contribution < 1.29 is 12.9 Å². The minimum Gasteiger partial charge on any atom is -0.356 e. The van der Waals surface area contributed by atoms with Crippen molar-refractivity contribution in [1.82, 2.24) is 19.3 Å². The van der Waals surface area contributed by atoms with Crippen LogP contribution >= 0.6 is 0 Å². The second kappa shape index (κ2) is 7.14. The average molecular weight is 372 g/mol. The molecule has 1 saturated heterocycles. The molecular formula is C18H20N4O3S. The molecule has 1 aliphatic heterocycles. The number of rotatable bonds is 5. The molecule has 4 rings (SSSR count). The Morgan fingerprint density at radius 2 is 1.77 bits per heavy atom. The maximum Gasteiger partial charge on any atom is 0.220 e. The van der Waals surface area contributed by atoms with Gasteiger partial charge < -0.3 is 4.52 Å². The zero-order valence-corrected chi connectivity index (χ0v) is 15.1. The van der Waals surface area contributed by atoms with E-state index in [0.29, 0.717) is 37.5 Å². The Hall–Kier alpha value is -2.29. The van der Waals surface area contributed by atoms with Crippen molar-refractivity contribution in [2.75, 3.05) is 26.2 Å². The van der Waals surface area contributed by atoms with Crippen LogP contribution in [0.15, 0.2) is 53.2 Å². The third-order valence-electron chi connectivity index (χ3n) is 4.61. The SMILES string of the molecule is O=S(=O)(Cc1noc2ccccc12)N1CCN(Cc2ccccn2)CC1. The van der Waals surface area contributed by atoms with Crippen molar-refractivity contribution in [2.45, 2.75) is 12.3 Å². The number of fused-ring (bicyclic) bond motifs is 1. The van der Waals surface area contributed by atoms with Crippen LogP contribution in [0.3, 0.4) is 0 Å². The first-order valence-electron chi connectivity index (χ1n) is 8.55. The molecule has 0 N–H and O–H groups in total. The lowest BCUT2D eigenvalue weighted by Gasteiger charge is -2.33. The van der Waals surface area contributed by atoms with Gasteiger partial charge >= 0.3 is 0 Å². The lowest BCUT2D eigenvalue weighted by Crippen LogP contribution is -2.48. The molecule has 0 radical (unpaired) electrons. The lowest BCUT2D eigenvalue weighted by molar-refractivity contribution is 0.180. The Morgan fingerprint density at radius 1 is 1.00 bits per heavy atom. The normalized spacial score (nSPS) is 16.9. The Balaban J connectivity index is 1.40. The molecule has 0 atom stereocenters. The standard InChI is InChI=1S/C18H20N4O3S/c23-26(24,14-17-16-6-1-2-7-18(16)25-20-17)22-11-9-21(10-12-22)13-15-5-3-4-8-19-15/h1-8H,9-14H2. The quantitative estimate of drug-likeness (QED) is 0.680. The number of hydrogen-bond acceptors (Lipinski definition) is 6. The highest BCUT2D eigenvalue weighted by molar-refractivity contribution is 7.88. The molecular weight excluding hydrogens is 352 g/mol. The van der Waals surface area contributed by atoms with Gasteiger partial charge in [0.1, 0.15) is 11.4 Å². The van der Waals surface area contributed by atoms with Crippen molar-refractivity contribution in [3.63, 3.8) is 0 Å². The molecule has 0 unspecified atom stereocenters. The predicted octanol–water partition coefficient (Wildman–Crippen LogP) is 1.87. The van der Waals surface area contributed by atoms with Gasteiger partial charge in [-0.1, -0.05) is 23.4 Å². The van der Waals surface area contributed by atoms with Crippen LogP contribution in [-0.2, 0) is 22.3 Å². The Kier molecular flexibility index (Phi) is 4.71. The minimum absolute atomic E-state index is 0.135. The van der Waals surface area contributed by atoms with Crippen LogP contribution in [0.4, 0.5) is 0 Å². The minimum atomic E-state index is -3.43. The summed E-state index contributed by atoms with van der Waals surface area (Å²) in [6.07, 6.45) is 1.78. The number of aromatic nitrogens is 2. The van der Waals surface area contributed by atoms with E-state index in [9.17, 15) is 8.42 Å². The van der Waals surface area contributed by atoms with Crippen molar-refractivity contribution in [1.29, 1.82) is 0 Å². The smallest absolute Gasteiger partial charge is 0.220 e. The van der Waals surface area contributed by atoms with Gasteiger partial charge in [-0.25, -0.2) is 8.42 Å². The molecule has 3 heterocycles. The van der Waals surface area contributed by atoms with Gasteiger partial charge in [0.15, 0.2) is 5.58 Å². The van der Waals surface area contributed by atoms with Gasteiger partial charge in [0, 0.05) is 44.3 Å². The molecule has 8 heteroatoms. The van der Waals surface area contributed by atoms with Crippen LogP contribution in [0, 0.1) is 0 Å². The van der Waals surface area contributed by atoms with Gasteiger partial charge in [-0.2, -0.15) is 4.31 Å². The second-order valence-corrected chi connectivity index (χ2v) is 8.35. The first-order chi connectivity index (χ1) is 12.6. The van der Waals surface area contributed by atoms with Crippen LogP contribution in [-0.4, -0.2) is 53.9 Å². The van der Waals surface area contributed by atoms with Gasteiger partial charge in [-0.05, 0) is 24.3 Å². The topological polar surface area (TPSA) is 79.5 Å². The van der Waals surface area contributed by atoms with Gasteiger partial charge in [0.2, 0.25) is 10.0 Å². The van der Waals surface area contributed by atoms with Crippen LogP contribution in [0.1, 0.15) is 11.4 Å². The molecule has 7 nitrogen and oxygen atoms in total. The Morgan fingerprint density at radius 3 is 2.54 bits per heavy atom. The average Bonchev–Trinajstić information content (AvgIpc) is 3.06. The fourth-order valence-corrected chi connectivity index (χ4v) is 4.65. The summed E-state index contributed by atoms with van der Waals surface area (Å²) < 4.78 is 32.3. The number of sulfonamides is 1. The number of nitrogens with zero attached hydrogens (tertiary/aromatic N) is 4. The number of hydrogen-bond donors (Lipinski definition) is 0. The van der Waals surface area contributed by atoms with E-state index in [1.807, 2.05) is 36.4 Å². The number of benzene rings is 1. The molecule has 3 aromatic rings. The summed E-state index contributed by atoms with van der Waals surface area (Å²) in [5.41, 5.74) is 2.08. The van der Waals surface area contributed by atoms with Crippen molar-refractivity contribution in [3.05, 3.63) is 60.0 Å². The third-order valence-corrected chi connectivity index (χ3v) is 6.40. The summed E-state index contributed by atoms with van der Waals surface area (Å²) in [6, 6.07) is 13.2. The molecule has 1 aliphatic rings. The fourth-order valence-electron chi connectivity index (χ4n) is 3.19. The van der Waals surface area contributed by atoms with E-state index >= 15 is 0 Å². The number of piperazine rings is 1. The zero-order valence-electron chi connectivity index (χ0n) is 14.3. The molecule has 0 aliphatic carbocycles. The summed E-state index contributed by atoms with van der Waals surface area (Å²) in [4.78, 5) is 6.55. The summed E-state index contributed by atoms with van der Waals surface area (Å²) >= 11 is 0. The second-order valence-electron chi connectivity index (χ2n) is 6.38. The van der Waals surface area contributed by atoms with Crippen LogP contribution in [0.25, 0.3) is 11.0 Å². The summed E-state index contributed by atoms with van der Waals surface area (Å²) in [6.45, 7) is 3.07. The highest BCUT2D eigenvalue weighted by Crippen LogP contribution is 2.21. The van der Waals surface area contributed by atoms with Gasteiger partial charge in [0.25, 0.3) is 0 Å². The molecule has 136 valence electrons. The molecule has 1 fully saturated rings. The molecule has 26 heavy (non-hydrogen) atoms. The highest BCUT2D eigenvalue weighted by atomic mass is 32.2. The summed E-state index contributed by atoms with van der Waals surface area (Å²) in [5, 5.41) is 4.70. The first-order valence-corrected chi connectivity index (χ1v) is 10.2. The third kappa shape index (κ3) is 3.62.